The molecule has 3 amide bonds. The van der Waals surface area contributed by atoms with Crippen molar-refractivity contribution in [3.05, 3.63) is 29.8 Å². The van der Waals surface area contributed by atoms with Gasteiger partial charge in [0.2, 0.25) is 5.91 Å². The molecule has 1 rings (SSSR count). The molecule has 4 nitrogen and oxygen atoms in total. The molecule has 0 bridgehead atoms. The van der Waals surface area contributed by atoms with Crippen LogP contribution in [0.3, 0.4) is 0 Å². The van der Waals surface area contributed by atoms with Crippen molar-refractivity contribution < 1.29 is 18.4 Å². The van der Waals surface area contributed by atoms with Crippen LogP contribution in [0.5, 0.6) is 0 Å². The first-order valence-corrected chi connectivity index (χ1v) is 5.19. The van der Waals surface area contributed by atoms with E-state index in [0.29, 0.717) is 0 Å². The van der Waals surface area contributed by atoms with Crippen LogP contribution in [0.25, 0.3) is 0 Å². The molecule has 0 saturated heterocycles. The van der Waals surface area contributed by atoms with E-state index in [1.807, 2.05) is 10.6 Å². The van der Waals surface area contributed by atoms with E-state index >= 15 is 0 Å². The molecule has 0 radical (unpaired) electrons. The van der Waals surface area contributed by atoms with Gasteiger partial charge >= 0.3 is 6.03 Å². The molecular formula is C10H9ClF2N2O2. The average Bonchev–Trinajstić information content (AvgIpc) is 2.25. The number of imide groups is 1. The van der Waals surface area contributed by atoms with E-state index in [-0.39, 0.29) is 18.0 Å². The van der Waals surface area contributed by atoms with Gasteiger partial charge in [-0.2, -0.15) is 0 Å². The Labute approximate surface area is 101 Å². The maximum atomic E-state index is 13.1. The minimum absolute atomic E-state index is 0.0411. The third kappa shape index (κ3) is 3.99. The van der Waals surface area contributed by atoms with Gasteiger partial charge in [-0.25, -0.2) is 13.6 Å². The number of rotatable bonds is 3. The minimum Gasteiger partial charge on any atom is -0.305 e. The second kappa shape index (κ2) is 6.15. The van der Waals surface area contributed by atoms with Crippen LogP contribution >= 0.6 is 11.6 Å². The van der Waals surface area contributed by atoms with E-state index in [9.17, 15) is 18.4 Å². The molecule has 0 fully saturated rings. The van der Waals surface area contributed by atoms with Gasteiger partial charge < -0.3 is 5.32 Å². The van der Waals surface area contributed by atoms with Crippen LogP contribution in [-0.2, 0) is 4.79 Å². The van der Waals surface area contributed by atoms with Gasteiger partial charge in [0.15, 0.2) is 11.6 Å². The number of hydrogen-bond acceptors (Lipinski definition) is 2. The molecule has 0 aromatic heterocycles. The van der Waals surface area contributed by atoms with Crippen LogP contribution in [0.15, 0.2) is 18.2 Å². The van der Waals surface area contributed by atoms with Crippen LogP contribution in [-0.4, -0.2) is 17.8 Å². The Hall–Kier alpha value is -1.69. The zero-order chi connectivity index (χ0) is 12.8. The minimum atomic E-state index is -1.19. The molecule has 0 saturated carbocycles. The number of hydrogen-bond donors (Lipinski definition) is 2. The highest BCUT2D eigenvalue weighted by Gasteiger charge is 2.12. The van der Waals surface area contributed by atoms with Gasteiger partial charge in [0.25, 0.3) is 0 Å². The van der Waals surface area contributed by atoms with Crippen molar-refractivity contribution in [2.75, 3.05) is 11.2 Å². The SMILES string of the molecule is O=C(CCCl)NC(=O)Nc1cccc(F)c1F. The monoisotopic (exact) mass is 262 g/mol. The van der Waals surface area contributed by atoms with E-state index in [4.69, 9.17) is 11.6 Å². The van der Waals surface area contributed by atoms with Gasteiger partial charge in [0.05, 0.1) is 5.69 Å². The lowest BCUT2D eigenvalue weighted by Crippen LogP contribution is -2.34. The maximum Gasteiger partial charge on any atom is 0.325 e. The summed E-state index contributed by atoms with van der Waals surface area (Å²) in [4.78, 5) is 22.2. The number of nitrogens with one attached hydrogen (secondary N) is 2. The smallest absolute Gasteiger partial charge is 0.305 e. The van der Waals surface area contributed by atoms with Crippen molar-refractivity contribution in [2.24, 2.45) is 0 Å². The number of benzene rings is 1. The molecular weight excluding hydrogens is 254 g/mol. The quantitative estimate of drug-likeness (QED) is 0.821. The Bertz CT molecular complexity index is 440. The van der Waals surface area contributed by atoms with Crippen LogP contribution in [0.2, 0.25) is 0 Å². The predicted octanol–water partition coefficient (Wildman–Crippen LogP) is 2.24. The number of carbonyl (C=O) groups is 2. The Morgan fingerprint density at radius 3 is 2.65 bits per heavy atom. The van der Waals surface area contributed by atoms with Crippen molar-refractivity contribution in [3.63, 3.8) is 0 Å². The fourth-order valence-corrected chi connectivity index (χ4v) is 1.20. The summed E-state index contributed by atoms with van der Waals surface area (Å²) in [6.45, 7) is 0. The number of alkyl halides is 1. The van der Waals surface area contributed by atoms with Crippen LogP contribution in [0.1, 0.15) is 6.42 Å². The van der Waals surface area contributed by atoms with Gasteiger partial charge in [0, 0.05) is 12.3 Å². The molecule has 1 aromatic rings. The Kier molecular flexibility index (Phi) is 4.84. The van der Waals surface area contributed by atoms with Gasteiger partial charge in [0.1, 0.15) is 0 Å². The Balaban J connectivity index is 2.62. The molecule has 0 heterocycles. The first-order chi connectivity index (χ1) is 8.04. The van der Waals surface area contributed by atoms with Crippen LogP contribution in [0, 0.1) is 11.6 Å². The summed E-state index contributed by atoms with van der Waals surface area (Å²) in [6.07, 6.45) is -0.0411. The van der Waals surface area contributed by atoms with E-state index in [2.05, 4.69) is 0 Å². The highest BCUT2D eigenvalue weighted by atomic mass is 35.5. The van der Waals surface area contributed by atoms with E-state index < -0.39 is 23.6 Å². The maximum absolute atomic E-state index is 13.1. The molecule has 2 N–H and O–H groups in total. The number of urea groups is 1. The zero-order valence-electron chi connectivity index (χ0n) is 8.60. The number of amides is 3. The second-order valence-electron chi connectivity index (χ2n) is 3.04. The van der Waals surface area contributed by atoms with Crippen molar-refractivity contribution >= 4 is 29.2 Å². The average molecular weight is 263 g/mol. The first-order valence-electron chi connectivity index (χ1n) is 4.65. The Morgan fingerprint density at radius 2 is 2.00 bits per heavy atom. The van der Waals surface area contributed by atoms with E-state index in [1.165, 1.54) is 12.1 Å². The lowest BCUT2D eigenvalue weighted by atomic mass is 10.3. The third-order valence-electron chi connectivity index (χ3n) is 1.77. The summed E-state index contributed by atoms with van der Waals surface area (Å²) in [5.74, 6) is -2.82. The van der Waals surface area contributed by atoms with Crippen molar-refractivity contribution in [3.8, 4) is 0 Å². The molecule has 0 unspecified atom stereocenters. The molecule has 0 spiro atoms. The highest BCUT2D eigenvalue weighted by molar-refractivity contribution is 6.19. The molecule has 0 aliphatic heterocycles. The molecule has 1 aromatic carbocycles. The third-order valence-corrected chi connectivity index (χ3v) is 1.96. The standard InChI is InChI=1S/C10H9ClF2N2O2/c11-5-4-8(16)15-10(17)14-7-3-1-2-6(12)9(7)13/h1-3H,4-5H2,(H2,14,15,16,17). The lowest BCUT2D eigenvalue weighted by molar-refractivity contribution is -0.119. The first kappa shape index (κ1) is 13.4. The summed E-state index contributed by atoms with van der Waals surface area (Å²) < 4.78 is 25.9. The fourth-order valence-electron chi connectivity index (χ4n) is 1.03. The molecule has 17 heavy (non-hydrogen) atoms. The zero-order valence-corrected chi connectivity index (χ0v) is 9.35. The summed E-state index contributed by atoms with van der Waals surface area (Å²) >= 11 is 5.28. The summed E-state index contributed by atoms with van der Waals surface area (Å²) in [5, 5.41) is 3.92. The molecule has 0 aliphatic rings. The highest BCUT2D eigenvalue weighted by Crippen LogP contribution is 2.16. The summed E-state index contributed by atoms with van der Waals surface area (Å²) in [5.41, 5.74) is -0.346. The number of anilines is 1. The fraction of sp³-hybridized carbons (Fsp3) is 0.200. The van der Waals surface area contributed by atoms with Crippen LogP contribution in [0.4, 0.5) is 19.3 Å². The largest absolute Gasteiger partial charge is 0.325 e. The van der Waals surface area contributed by atoms with Crippen molar-refractivity contribution in [2.45, 2.75) is 6.42 Å². The Morgan fingerprint density at radius 1 is 1.29 bits per heavy atom. The number of halogens is 3. The topological polar surface area (TPSA) is 58.2 Å². The molecule has 0 atom stereocenters. The van der Waals surface area contributed by atoms with Crippen molar-refractivity contribution in [1.29, 1.82) is 0 Å². The normalized spacial score (nSPS) is 9.82. The van der Waals surface area contributed by atoms with E-state index in [1.54, 1.807) is 0 Å². The van der Waals surface area contributed by atoms with Gasteiger partial charge in [-0.3, -0.25) is 10.1 Å². The van der Waals surface area contributed by atoms with Gasteiger partial charge in [-0.05, 0) is 12.1 Å². The predicted molar refractivity (Wildman–Crippen MR) is 58.9 cm³/mol. The second-order valence-corrected chi connectivity index (χ2v) is 3.42. The van der Waals surface area contributed by atoms with E-state index in [0.717, 1.165) is 6.07 Å². The number of carbonyl (C=O) groups excluding carboxylic acids is 2. The van der Waals surface area contributed by atoms with Gasteiger partial charge in [-0.1, -0.05) is 6.07 Å². The van der Waals surface area contributed by atoms with Crippen molar-refractivity contribution in [1.82, 2.24) is 5.32 Å². The molecule has 0 aliphatic carbocycles. The molecule has 92 valence electrons. The van der Waals surface area contributed by atoms with Gasteiger partial charge in [-0.15, -0.1) is 11.6 Å². The van der Waals surface area contributed by atoms with Crippen LogP contribution < -0.4 is 10.6 Å². The summed E-state index contributed by atoms with van der Waals surface area (Å²) in [7, 11) is 0. The summed E-state index contributed by atoms with van der Waals surface area (Å²) in [6, 6.07) is 2.38. The lowest BCUT2D eigenvalue weighted by Gasteiger charge is -2.07. The molecule has 7 heteroatoms.